The third-order valence-electron chi connectivity index (χ3n) is 3.55. The Kier molecular flexibility index (Phi) is 4.16. The number of rotatable bonds is 4. The van der Waals surface area contributed by atoms with Gasteiger partial charge < -0.3 is 4.74 Å². The molecule has 0 amide bonds. The summed E-state index contributed by atoms with van der Waals surface area (Å²) in [4.78, 5) is 12.7. The minimum absolute atomic E-state index is 0.0633. The predicted octanol–water partition coefficient (Wildman–Crippen LogP) is 3.44. The van der Waals surface area contributed by atoms with Gasteiger partial charge in [0, 0.05) is 12.1 Å². The number of nitrogens with zero attached hydrogens (tertiary/aromatic N) is 2. The molecule has 2 rings (SSSR count). The molecule has 1 aromatic heterocycles. The summed E-state index contributed by atoms with van der Waals surface area (Å²) in [7, 11) is 1.55. The van der Waals surface area contributed by atoms with E-state index in [9.17, 15) is 4.79 Å². The van der Waals surface area contributed by atoms with E-state index < -0.39 is 0 Å². The fourth-order valence-electron chi connectivity index (χ4n) is 2.24. The summed E-state index contributed by atoms with van der Waals surface area (Å²) in [5, 5.41) is 4.18. The van der Waals surface area contributed by atoms with Crippen molar-refractivity contribution >= 4 is 5.78 Å². The molecule has 0 radical (unpaired) electrons. The Morgan fingerprint density at radius 1 is 1.24 bits per heavy atom. The highest BCUT2D eigenvalue weighted by atomic mass is 16.5. The highest BCUT2D eigenvalue weighted by Crippen LogP contribution is 2.25. The van der Waals surface area contributed by atoms with Gasteiger partial charge in [-0.05, 0) is 17.9 Å². The molecule has 4 heteroatoms. The van der Waals surface area contributed by atoms with Crippen molar-refractivity contribution in [2.75, 3.05) is 7.11 Å². The summed E-state index contributed by atoms with van der Waals surface area (Å²) in [6.45, 7) is 9.04. The maximum atomic E-state index is 12.7. The first-order valence-corrected chi connectivity index (χ1v) is 7.13. The van der Waals surface area contributed by atoms with Crippen molar-refractivity contribution in [2.45, 2.75) is 39.7 Å². The zero-order valence-electron chi connectivity index (χ0n) is 13.3. The van der Waals surface area contributed by atoms with Gasteiger partial charge in [0.05, 0.1) is 13.3 Å². The van der Waals surface area contributed by atoms with Crippen molar-refractivity contribution in [3.05, 3.63) is 47.3 Å². The number of carbonyl (C=O) groups excluding carboxylic acids is 1. The van der Waals surface area contributed by atoms with E-state index in [2.05, 4.69) is 25.9 Å². The standard InChI is InChI=1S/C17H22N2O2/c1-6-19-15(14(21-5)11-18-19)16(20)12-7-9-13(10-8-12)17(2,3)4/h7-11H,6H2,1-5H3. The molecule has 0 fully saturated rings. The lowest BCUT2D eigenvalue weighted by Crippen LogP contribution is -2.13. The van der Waals surface area contributed by atoms with Gasteiger partial charge in [0.1, 0.15) is 0 Å². The van der Waals surface area contributed by atoms with E-state index in [1.807, 2.05) is 31.2 Å². The number of ether oxygens (including phenoxy) is 1. The van der Waals surface area contributed by atoms with Gasteiger partial charge in [0.2, 0.25) is 5.78 Å². The van der Waals surface area contributed by atoms with E-state index in [-0.39, 0.29) is 11.2 Å². The summed E-state index contributed by atoms with van der Waals surface area (Å²) in [5.74, 6) is 0.452. The number of carbonyl (C=O) groups is 1. The van der Waals surface area contributed by atoms with E-state index in [0.717, 1.165) is 0 Å². The van der Waals surface area contributed by atoms with Gasteiger partial charge in [-0.25, -0.2) is 0 Å². The lowest BCUT2D eigenvalue weighted by Gasteiger charge is -2.19. The lowest BCUT2D eigenvalue weighted by atomic mass is 9.86. The molecule has 0 saturated heterocycles. The normalized spacial score (nSPS) is 11.5. The summed E-state index contributed by atoms with van der Waals surface area (Å²) < 4.78 is 6.91. The van der Waals surface area contributed by atoms with E-state index in [0.29, 0.717) is 23.6 Å². The van der Waals surface area contributed by atoms with Crippen LogP contribution in [-0.4, -0.2) is 22.7 Å². The van der Waals surface area contributed by atoms with Crippen LogP contribution in [-0.2, 0) is 12.0 Å². The molecule has 4 nitrogen and oxygen atoms in total. The molecule has 1 aromatic carbocycles. The number of hydrogen-bond donors (Lipinski definition) is 0. The van der Waals surface area contributed by atoms with Crippen molar-refractivity contribution in [3.8, 4) is 5.75 Å². The topological polar surface area (TPSA) is 44.1 Å². The first kappa shape index (κ1) is 15.3. The molecule has 0 atom stereocenters. The molecule has 0 saturated carbocycles. The second-order valence-corrected chi connectivity index (χ2v) is 6.03. The maximum Gasteiger partial charge on any atom is 0.214 e. The first-order chi connectivity index (χ1) is 9.88. The first-order valence-electron chi connectivity index (χ1n) is 7.13. The smallest absolute Gasteiger partial charge is 0.214 e. The predicted molar refractivity (Wildman–Crippen MR) is 83.0 cm³/mol. The molecule has 112 valence electrons. The molecule has 1 heterocycles. The lowest BCUT2D eigenvalue weighted by molar-refractivity contribution is 0.102. The molecule has 21 heavy (non-hydrogen) atoms. The molecule has 0 spiro atoms. The van der Waals surface area contributed by atoms with Gasteiger partial charge in [-0.15, -0.1) is 0 Å². The Balaban J connectivity index is 2.39. The van der Waals surface area contributed by atoms with Crippen molar-refractivity contribution in [2.24, 2.45) is 0 Å². The summed E-state index contributed by atoms with van der Waals surface area (Å²) in [6, 6.07) is 7.75. The van der Waals surface area contributed by atoms with Gasteiger partial charge in [0.15, 0.2) is 11.4 Å². The van der Waals surface area contributed by atoms with Crippen LogP contribution in [0.2, 0.25) is 0 Å². The van der Waals surface area contributed by atoms with Crippen LogP contribution in [0.5, 0.6) is 5.75 Å². The van der Waals surface area contributed by atoms with E-state index >= 15 is 0 Å². The van der Waals surface area contributed by atoms with E-state index in [1.54, 1.807) is 18.0 Å². The van der Waals surface area contributed by atoms with Crippen LogP contribution in [0, 0.1) is 0 Å². The summed E-state index contributed by atoms with van der Waals surface area (Å²) >= 11 is 0. The molecule has 2 aromatic rings. The van der Waals surface area contributed by atoms with Gasteiger partial charge in [-0.3, -0.25) is 9.48 Å². The fraction of sp³-hybridized carbons (Fsp3) is 0.412. The van der Waals surface area contributed by atoms with E-state index in [4.69, 9.17) is 4.74 Å². The Morgan fingerprint density at radius 3 is 2.33 bits per heavy atom. The SMILES string of the molecule is CCn1ncc(OC)c1C(=O)c1ccc(C(C)(C)C)cc1. The van der Waals surface area contributed by atoms with Crippen LogP contribution in [0.1, 0.15) is 49.3 Å². The fourth-order valence-corrected chi connectivity index (χ4v) is 2.24. The Bertz CT molecular complexity index is 612. The second-order valence-electron chi connectivity index (χ2n) is 6.03. The largest absolute Gasteiger partial charge is 0.493 e. The molecule has 0 bridgehead atoms. The monoisotopic (exact) mass is 286 g/mol. The molecule has 0 aliphatic rings. The molecule has 0 aliphatic carbocycles. The van der Waals surface area contributed by atoms with Crippen molar-refractivity contribution in [1.29, 1.82) is 0 Å². The third-order valence-corrected chi connectivity index (χ3v) is 3.55. The zero-order chi connectivity index (χ0) is 15.6. The molecule has 0 N–H and O–H groups in total. The van der Waals surface area contributed by atoms with Crippen LogP contribution < -0.4 is 4.74 Å². The number of aromatic nitrogens is 2. The van der Waals surface area contributed by atoms with Gasteiger partial charge in [-0.2, -0.15) is 5.10 Å². The average molecular weight is 286 g/mol. The Labute approximate surface area is 125 Å². The quantitative estimate of drug-likeness (QED) is 0.809. The molecule has 0 unspecified atom stereocenters. The van der Waals surface area contributed by atoms with Crippen LogP contribution in [0.4, 0.5) is 0 Å². The van der Waals surface area contributed by atoms with Gasteiger partial charge >= 0.3 is 0 Å². The Hall–Kier alpha value is -2.10. The van der Waals surface area contributed by atoms with Crippen LogP contribution in [0.3, 0.4) is 0 Å². The second kappa shape index (κ2) is 5.72. The average Bonchev–Trinajstić information content (AvgIpc) is 2.88. The number of benzene rings is 1. The van der Waals surface area contributed by atoms with Crippen LogP contribution in [0.15, 0.2) is 30.5 Å². The molecular formula is C17H22N2O2. The minimum Gasteiger partial charge on any atom is -0.493 e. The highest BCUT2D eigenvalue weighted by Gasteiger charge is 2.21. The van der Waals surface area contributed by atoms with Gasteiger partial charge in [0.25, 0.3) is 0 Å². The van der Waals surface area contributed by atoms with E-state index in [1.165, 1.54) is 5.56 Å². The highest BCUT2D eigenvalue weighted by molar-refractivity contribution is 6.09. The van der Waals surface area contributed by atoms with Crippen molar-refractivity contribution in [3.63, 3.8) is 0 Å². The zero-order valence-corrected chi connectivity index (χ0v) is 13.3. The van der Waals surface area contributed by atoms with Crippen molar-refractivity contribution in [1.82, 2.24) is 9.78 Å². The Morgan fingerprint density at radius 2 is 1.86 bits per heavy atom. The summed E-state index contributed by atoms with van der Waals surface area (Å²) in [5.41, 5.74) is 2.43. The number of hydrogen-bond acceptors (Lipinski definition) is 3. The maximum absolute atomic E-state index is 12.7. The van der Waals surface area contributed by atoms with Crippen LogP contribution >= 0.6 is 0 Å². The van der Waals surface area contributed by atoms with Crippen molar-refractivity contribution < 1.29 is 9.53 Å². The number of aryl methyl sites for hydroxylation is 1. The van der Waals surface area contributed by atoms with Gasteiger partial charge in [-0.1, -0.05) is 45.0 Å². The minimum atomic E-state index is -0.0633. The number of methoxy groups -OCH3 is 1. The molecule has 0 aliphatic heterocycles. The van der Waals surface area contributed by atoms with Crippen LogP contribution in [0.25, 0.3) is 0 Å². The summed E-state index contributed by atoms with van der Waals surface area (Å²) in [6.07, 6.45) is 1.58. The number of ketones is 1. The third kappa shape index (κ3) is 2.99. The molecular weight excluding hydrogens is 264 g/mol.